The molecule has 0 aliphatic carbocycles. The van der Waals surface area contributed by atoms with Crippen LogP contribution in [0.1, 0.15) is 395 Å². The van der Waals surface area contributed by atoms with Gasteiger partial charge in [0, 0.05) is 25.7 Å². The molecule has 4 unspecified atom stereocenters. The molecule has 0 heterocycles. The van der Waals surface area contributed by atoms with Gasteiger partial charge in [0.15, 0.2) is 12.2 Å². The number of carbonyl (C=O) groups excluding carboxylic acids is 4. The van der Waals surface area contributed by atoms with Crippen LogP contribution in [0.5, 0.6) is 0 Å². The SMILES string of the molecule is CCCCCCCCCCCCCCC(=O)OC[C@H](COP(=O)(O)OC[C@H](O)COP(=O)(O)OC[C@@H](COC(=O)CCCCCCCCCCCCC(C)CC)OC(=O)CCCCCCCCCCCCCCCCC(C)CC)OC(=O)CCCCCCCCCCCC(C)C. The molecule has 0 aliphatic heterocycles. The largest absolute Gasteiger partial charge is 0.472 e. The van der Waals surface area contributed by atoms with Gasteiger partial charge in [-0.3, -0.25) is 37.3 Å². The van der Waals surface area contributed by atoms with E-state index in [1.807, 2.05) is 0 Å². The molecule has 0 aromatic heterocycles. The van der Waals surface area contributed by atoms with Crippen LogP contribution in [0.4, 0.5) is 0 Å². The summed E-state index contributed by atoms with van der Waals surface area (Å²) in [5, 5.41) is 10.6. The van der Waals surface area contributed by atoms with Crippen LogP contribution in [0, 0.1) is 17.8 Å². The van der Waals surface area contributed by atoms with Crippen LogP contribution in [0.25, 0.3) is 0 Å². The van der Waals surface area contributed by atoms with Crippen LogP contribution >= 0.6 is 15.6 Å². The highest BCUT2D eigenvalue weighted by atomic mass is 31.2. The molecule has 570 valence electrons. The molecule has 0 radical (unpaired) electrons. The fraction of sp³-hybridized carbons (Fsp3) is 0.948. The Morgan fingerprint density at radius 1 is 0.302 bits per heavy atom. The first kappa shape index (κ1) is 94.1. The van der Waals surface area contributed by atoms with Gasteiger partial charge in [-0.25, -0.2) is 9.13 Å². The van der Waals surface area contributed by atoms with Crippen molar-refractivity contribution in [1.29, 1.82) is 0 Å². The van der Waals surface area contributed by atoms with E-state index in [2.05, 4.69) is 48.5 Å². The maximum absolute atomic E-state index is 13.1. The molecule has 0 saturated heterocycles. The number of ether oxygens (including phenoxy) is 4. The van der Waals surface area contributed by atoms with Crippen LogP contribution in [0.2, 0.25) is 0 Å². The van der Waals surface area contributed by atoms with Crippen molar-refractivity contribution in [3.8, 4) is 0 Å². The highest BCUT2D eigenvalue weighted by Crippen LogP contribution is 2.45. The Hall–Kier alpha value is -1.94. The molecule has 3 N–H and O–H groups in total. The second-order valence-corrected chi connectivity index (χ2v) is 31.6. The summed E-state index contributed by atoms with van der Waals surface area (Å²) in [6.45, 7) is 12.0. The van der Waals surface area contributed by atoms with Gasteiger partial charge < -0.3 is 33.8 Å². The minimum absolute atomic E-state index is 0.105. The summed E-state index contributed by atoms with van der Waals surface area (Å²) >= 11 is 0. The van der Waals surface area contributed by atoms with Gasteiger partial charge >= 0.3 is 39.5 Å². The van der Waals surface area contributed by atoms with Gasteiger partial charge in [-0.05, 0) is 43.4 Å². The zero-order chi connectivity index (χ0) is 70.9. The number of carbonyl (C=O) groups is 4. The van der Waals surface area contributed by atoms with Gasteiger partial charge in [0.25, 0.3) is 0 Å². The Morgan fingerprint density at radius 2 is 0.531 bits per heavy atom. The summed E-state index contributed by atoms with van der Waals surface area (Å²) in [5.74, 6) is 0.276. The van der Waals surface area contributed by atoms with Crippen molar-refractivity contribution in [2.24, 2.45) is 17.8 Å². The monoisotopic (exact) mass is 1410 g/mol. The lowest BCUT2D eigenvalue weighted by Gasteiger charge is -2.21. The Kier molecular flexibility index (Phi) is 66.2. The molecule has 17 nitrogen and oxygen atoms in total. The van der Waals surface area contributed by atoms with E-state index in [0.717, 1.165) is 108 Å². The molecule has 0 fully saturated rings. The van der Waals surface area contributed by atoms with Crippen LogP contribution < -0.4 is 0 Å². The highest BCUT2D eigenvalue weighted by Gasteiger charge is 2.30. The fourth-order valence-electron chi connectivity index (χ4n) is 11.7. The first-order chi connectivity index (χ1) is 46.3. The van der Waals surface area contributed by atoms with Crippen LogP contribution in [0.15, 0.2) is 0 Å². The molecule has 7 atom stereocenters. The number of phosphoric acid groups is 2. The first-order valence-electron chi connectivity index (χ1n) is 39.9. The Balaban J connectivity index is 5.26. The number of aliphatic hydroxyl groups is 1. The van der Waals surface area contributed by atoms with E-state index in [-0.39, 0.29) is 25.7 Å². The summed E-state index contributed by atoms with van der Waals surface area (Å²) in [4.78, 5) is 72.9. The van der Waals surface area contributed by atoms with Gasteiger partial charge in [-0.2, -0.15) is 0 Å². The molecular weight excluding hydrogens is 1260 g/mol. The lowest BCUT2D eigenvalue weighted by molar-refractivity contribution is -0.161. The van der Waals surface area contributed by atoms with E-state index in [0.29, 0.717) is 25.7 Å². The number of esters is 4. The van der Waals surface area contributed by atoms with Gasteiger partial charge in [0.1, 0.15) is 19.3 Å². The second-order valence-electron chi connectivity index (χ2n) is 28.7. The average Bonchev–Trinajstić information content (AvgIpc) is 1.22. The summed E-state index contributed by atoms with van der Waals surface area (Å²) in [7, 11) is -9.91. The number of unbranched alkanes of at least 4 members (excludes halogenated alkanes) is 41. The Labute approximate surface area is 588 Å². The Bertz CT molecular complexity index is 1870. The number of hydrogen-bond acceptors (Lipinski definition) is 15. The maximum atomic E-state index is 13.1. The van der Waals surface area contributed by atoms with Crippen molar-refractivity contribution in [2.75, 3.05) is 39.6 Å². The van der Waals surface area contributed by atoms with Crippen molar-refractivity contribution in [3.63, 3.8) is 0 Å². The smallest absolute Gasteiger partial charge is 0.462 e. The third-order valence-electron chi connectivity index (χ3n) is 18.6. The quantitative estimate of drug-likeness (QED) is 0.0222. The first-order valence-corrected chi connectivity index (χ1v) is 42.9. The molecular formula is C77H150O17P2. The van der Waals surface area contributed by atoms with Crippen LogP contribution in [0.3, 0.4) is 0 Å². The molecule has 96 heavy (non-hydrogen) atoms. The van der Waals surface area contributed by atoms with Crippen LogP contribution in [-0.4, -0.2) is 96.7 Å². The summed E-state index contributed by atoms with van der Waals surface area (Å²) < 4.78 is 68.6. The van der Waals surface area contributed by atoms with Gasteiger partial charge in [-0.1, -0.05) is 344 Å². The molecule has 0 rings (SSSR count). The normalized spacial score (nSPS) is 14.6. The van der Waals surface area contributed by atoms with E-state index in [9.17, 15) is 43.2 Å². The van der Waals surface area contributed by atoms with E-state index in [4.69, 9.17) is 37.0 Å². The maximum Gasteiger partial charge on any atom is 0.472 e. The molecule has 0 bridgehead atoms. The lowest BCUT2D eigenvalue weighted by Crippen LogP contribution is -2.30. The lowest BCUT2D eigenvalue weighted by atomic mass is 9.99. The van der Waals surface area contributed by atoms with Crippen molar-refractivity contribution >= 4 is 39.5 Å². The van der Waals surface area contributed by atoms with Crippen molar-refractivity contribution in [2.45, 2.75) is 414 Å². The molecule has 0 aromatic carbocycles. The van der Waals surface area contributed by atoms with Crippen molar-refractivity contribution in [1.82, 2.24) is 0 Å². The predicted molar refractivity (Wildman–Crippen MR) is 391 cm³/mol. The molecule has 0 amide bonds. The van der Waals surface area contributed by atoms with Gasteiger partial charge in [0.05, 0.1) is 26.4 Å². The molecule has 19 heteroatoms. The standard InChI is InChI=1S/C77H150O17P2/c1-8-11-12-13-14-15-16-22-30-37-44-51-58-74(79)87-65-73(94-77(82)61-54-47-40-33-26-27-34-41-48-55-68(4)5)67-92-96(85,86)90-63-71(78)62-89-95(83,84)91-66-72(64-88-75(80)59-52-45-38-31-25-24-29-36-43-50-57-70(7)10-3)93-76(81)60-53-46-39-32-23-20-18-17-19-21-28-35-42-49-56-69(6)9-2/h68-73,78H,8-67H2,1-7H3,(H,83,84)(H,85,86)/t69?,70?,71-,72-,73-/m1/s1. The topological polar surface area (TPSA) is 237 Å². The Morgan fingerprint density at radius 3 is 0.792 bits per heavy atom. The zero-order valence-corrected chi connectivity index (χ0v) is 64.6. The third kappa shape index (κ3) is 67.9. The minimum atomic E-state index is -4.96. The molecule has 0 aromatic rings. The number of rotatable bonds is 75. The summed E-state index contributed by atoms with van der Waals surface area (Å²) in [6.07, 6.45) is 53.9. The fourth-order valence-corrected chi connectivity index (χ4v) is 13.3. The van der Waals surface area contributed by atoms with E-state index >= 15 is 0 Å². The average molecular weight is 1410 g/mol. The van der Waals surface area contributed by atoms with Gasteiger partial charge in [-0.15, -0.1) is 0 Å². The zero-order valence-electron chi connectivity index (χ0n) is 62.8. The van der Waals surface area contributed by atoms with Crippen molar-refractivity contribution < 1.29 is 80.2 Å². The number of aliphatic hydroxyl groups excluding tert-OH is 1. The van der Waals surface area contributed by atoms with Crippen LogP contribution in [-0.2, 0) is 65.4 Å². The summed E-state index contributed by atoms with van der Waals surface area (Å²) in [6, 6.07) is 0. The van der Waals surface area contributed by atoms with Gasteiger partial charge in [0.2, 0.25) is 0 Å². The van der Waals surface area contributed by atoms with Crippen molar-refractivity contribution in [3.05, 3.63) is 0 Å². The number of phosphoric ester groups is 2. The van der Waals surface area contributed by atoms with E-state index in [1.165, 1.54) is 205 Å². The second kappa shape index (κ2) is 67.5. The molecule has 0 saturated carbocycles. The minimum Gasteiger partial charge on any atom is -0.462 e. The third-order valence-corrected chi connectivity index (χ3v) is 20.5. The number of hydrogen-bond donors (Lipinski definition) is 3. The molecule has 0 aliphatic rings. The predicted octanol–water partition coefficient (Wildman–Crippen LogP) is 22.6. The summed E-state index contributed by atoms with van der Waals surface area (Å²) in [5.41, 5.74) is 0. The van der Waals surface area contributed by atoms with E-state index in [1.54, 1.807) is 0 Å². The van der Waals surface area contributed by atoms with E-state index < -0.39 is 97.5 Å². The molecule has 0 spiro atoms. The highest BCUT2D eigenvalue weighted by molar-refractivity contribution is 7.47.